The molecule has 0 aliphatic carbocycles. The average Bonchev–Trinajstić information content (AvgIpc) is 3.08. The van der Waals surface area contributed by atoms with Gasteiger partial charge in [-0.2, -0.15) is 0 Å². The fourth-order valence-electron chi connectivity index (χ4n) is 3.52. The van der Waals surface area contributed by atoms with Crippen molar-refractivity contribution in [1.29, 1.82) is 0 Å². The number of hydrogen-bond acceptors (Lipinski definition) is 4. The summed E-state index contributed by atoms with van der Waals surface area (Å²) in [4.78, 5) is 28.6. The number of pyridine rings is 1. The second kappa shape index (κ2) is 7.07. The molecule has 0 unspecified atom stereocenters. The second-order valence-electron chi connectivity index (χ2n) is 6.37. The van der Waals surface area contributed by atoms with Gasteiger partial charge in [-0.1, -0.05) is 18.2 Å². The molecule has 3 heterocycles. The number of rotatable bonds is 4. The number of carbonyl (C=O) groups excluding carboxylic acids is 2. The van der Waals surface area contributed by atoms with E-state index in [0.29, 0.717) is 24.2 Å². The number of benzene rings is 1. The molecule has 0 radical (unpaired) electrons. The van der Waals surface area contributed by atoms with E-state index in [2.05, 4.69) is 14.9 Å². The maximum atomic E-state index is 12.3. The number of methoxy groups -OCH3 is 1. The molecule has 0 fully saturated rings. The molecule has 0 spiro atoms. The van der Waals surface area contributed by atoms with Gasteiger partial charge in [-0.25, -0.2) is 4.79 Å². The summed E-state index contributed by atoms with van der Waals surface area (Å²) in [6.07, 6.45) is 4.20. The zero-order chi connectivity index (χ0) is 18.8. The van der Waals surface area contributed by atoms with E-state index in [1.807, 2.05) is 36.4 Å². The number of nitrogens with one attached hydrogen (secondary N) is 1. The summed E-state index contributed by atoms with van der Waals surface area (Å²) < 4.78 is 7.04. The summed E-state index contributed by atoms with van der Waals surface area (Å²) in [7, 11) is 1.38. The Hall–Kier alpha value is -3.41. The van der Waals surface area contributed by atoms with Crippen LogP contribution in [0.4, 0.5) is 0 Å². The largest absolute Gasteiger partial charge is 0.465 e. The summed E-state index contributed by atoms with van der Waals surface area (Å²) in [6, 6.07) is 13.1. The van der Waals surface area contributed by atoms with Crippen molar-refractivity contribution in [3.05, 3.63) is 77.2 Å². The summed E-state index contributed by atoms with van der Waals surface area (Å²) >= 11 is 0. The minimum absolute atomic E-state index is 0.0634. The first-order valence-corrected chi connectivity index (χ1v) is 8.76. The van der Waals surface area contributed by atoms with Crippen molar-refractivity contribution < 1.29 is 14.3 Å². The maximum Gasteiger partial charge on any atom is 0.338 e. The van der Waals surface area contributed by atoms with Crippen LogP contribution in [0.2, 0.25) is 0 Å². The molecule has 2 aromatic heterocycles. The molecule has 0 bridgehead atoms. The molecule has 4 rings (SSSR count). The lowest BCUT2D eigenvalue weighted by Crippen LogP contribution is -2.32. The quantitative estimate of drug-likeness (QED) is 0.725. The molecule has 6 heteroatoms. The third-order valence-corrected chi connectivity index (χ3v) is 4.83. The second-order valence-corrected chi connectivity index (χ2v) is 6.37. The van der Waals surface area contributed by atoms with E-state index in [4.69, 9.17) is 4.74 Å². The van der Waals surface area contributed by atoms with Crippen LogP contribution in [0.25, 0.3) is 11.3 Å². The maximum absolute atomic E-state index is 12.3. The number of esters is 1. The van der Waals surface area contributed by atoms with Gasteiger partial charge >= 0.3 is 5.97 Å². The van der Waals surface area contributed by atoms with Gasteiger partial charge in [0, 0.05) is 48.9 Å². The van der Waals surface area contributed by atoms with E-state index in [9.17, 15) is 9.59 Å². The Morgan fingerprint density at radius 3 is 2.78 bits per heavy atom. The van der Waals surface area contributed by atoms with Gasteiger partial charge in [0.05, 0.1) is 18.2 Å². The van der Waals surface area contributed by atoms with E-state index in [1.54, 1.807) is 18.5 Å². The lowest BCUT2D eigenvalue weighted by atomic mass is 10.1. The SMILES string of the molecule is COC(=O)c1ccccc1Cn1c(-c2ccncc2)cc2c1CCNC2=O. The van der Waals surface area contributed by atoms with Crippen LogP contribution in [0.15, 0.2) is 54.9 Å². The molecule has 27 heavy (non-hydrogen) atoms. The number of aromatic nitrogens is 2. The summed E-state index contributed by atoms with van der Waals surface area (Å²) in [6.45, 7) is 1.08. The molecule has 0 saturated heterocycles. The van der Waals surface area contributed by atoms with Crippen LogP contribution in [-0.2, 0) is 17.7 Å². The first-order valence-electron chi connectivity index (χ1n) is 8.76. The Balaban J connectivity index is 1.86. The van der Waals surface area contributed by atoms with Crippen LogP contribution < -0.4 is 5.32 Å². The average molecular weight is 361 g/mol. The first-order chi connectivity index (χ1) is 13.2. The van der Waals surface area contributed by atoms with Gasteiger partial charge in [-0.3, -0.25) is 9.78 Å². The Morgan fingerprint density at radius 1 is 1.22 bits per heavy atom. The number of nitrogens with zero attached hydrogens (tertiary/aromatic N) is 2. The summed E-state index contributed by atoms with van der Waals surface area (Å²) in [5.41, 5.74) is 4.95. The monoisotopic (exact) mass is 361 g/mol. The molecule has 1 aliphatic rings. The molecule has 1 aromatic carbocycles. The van der Waals surface area contributed by atoms with Crippen LogP contribution in [0.3, 0.4) is 0 Å². The highest BCUT2D eigenvalue weighted by Crippen LogP contribution is 2.29. The zero-order valence-electron chi connectivity index (χ0n) is 14.9. The molecule has 6 nitrogen and oxygen atoms in total. The molecule has 0 atom stereocenters. The number of fused-ring (bicyclic) bond motifs is 1. The Kier molecular flexibility index (Phi) is 4.46. The first kappa shape index (κ1) is 17.0. The normalized spacial score (nSPS) is 13.0. The highest BCUT2D eigenvalue weighted by molar-refractivity contribution is 5.98. The number of ether oxygens (including phenoxy) is 1. The summed E-state index contributed by atoms with van der Waals surface area (Å²) in [5.74, 6) is -0.429. The van der Waals surface area contributed by atoms with Crippen molar-refractivity contribution in [3.8, 4) is 11.3 Å². The van der Waals surface area contributed by atoms with Crippen LogP contribution in [-0.4, -0.2) is 35.1 Å². The lowest BCUT2D eigenvalue weighted by molar-refractivity contribution is 0.0599. The third-order valence-electron chi connectivity index (χ3n) is 4.83. The number of carbonyl (C=O) groups is 2. The fourth-order valence-corrected chi connectivity index (χ4v) is 3.52. The molecular formula is C21H19N3O3. The van der Waals surface area contributed by atoms with Gasteiger partial charge in [-0.15, -0.1) is 0 Å². The van der Waals surface area contributed by atoms with E-state index in [-0.39, 0.29) is 11.9 Å². The van der Waals surface area contributed by atoms with Gasteiger partial charge in [0.15, 0.2) is 0 Å². The minimum atomic E-state index is -0.366. The van der Waals surface area contributed by atoms with Crippen molar-refractivity contribution >= 4 is 11.9 Å². The van der Waals surface area contributed by atoms with Crippen LogP contribution in [0.5, 0.6) is 0 Å². The number of hydrogen-bond donors (Lipinski definition) is 1. The molecular weight excluding hydrogens is 342 g/mol. The Bertz CT molecular complexity index is 1010. The highest BCUT2D eigenvalue weighted by Gasteiger charge is 2.25. The highest BCUT2D eigenvalue weighted by atomic mass is 16.5. The van der Waals surface area contributed by atoms with Crippen molar-refractivity contribution in [2.75, 3.05) is 13.7 Å². The lowest BCUT2D eigenvalue weighted by Gasteiger charge is -2.19. The standard InChI is InChI=1S/C21H19N3O3/c1-27-21(26)16-5-3-2-4-15(16)13-24-18-8-11-23-20(25)17(18)12-19(24)14-6-9-22-10-7-14/h2-7,9-10,12H,8,11,13H2,1H3,(H,23,25). The van der Waals surface area contributed by atoms with Gasteiger partial charge in [0.1, 0.15) is 0 Å². The van der Waals surface area contributed by atoms with Crippen molar-refractivity contribution in [1.82, 2.24) is 14.9 Å². The van der Waals surface area contributed by atoms with Crippen LogP contribution in [0.1, 0.15) is 32.0 Å². The van der Waals surface area contributed by atoms with Crippen molar-refractivity contribution in [3.63, 3.8) is 0 Å². The molecule has 136 valence electrons. The molecule has 1 amide bonds. The molecule has 1 aliphatic heterocycles. The molecule has 3 aromatic rings. The van der Waals surface area contributed by atoms with Crippen LogP contribution in [0, 0.1) is 0 Å². The smallest absolute Gasteiger partial charge is 0.338 e. The number of amides is 1. The van der Waals surface area contributed by atoms with Gasteiger partial charge < -0.3 is 14.6 Å². The molecule has 0 saturated carbocycles. The van der Waals surface area contributed by atoms with E-state index in [0.717, 1.165) is 28.9 Å². The van der Waals surface area contributed by atoms with E-state index in [1.165, 1.54) is 7.11 Å². The van der Waals surface area contributed by atoms with E-state index < -0.39 is 0 Å². The fraction of sp³-hybridized carbons (Fsp3) is 0.190. The van der Waals surface area contributed by atoms with E-state index >= 15 is 0 Å². The Labute approximate surface area is 156 Å². The minimum Gasteiger partial charge on any atom is -0.465 e. The third kappa shape index (κ3) is 3.10. The molecule has 1 N–H and O–H groups in total. The Morgan fingerprint density at radius 2 is 2.00 bits per heavy atom. The van der Waals surface area contributed by atoms with Gasteiger partial charge in [-0.05, 0) is 29.8 Å². The predicted molar refractivity (Wildman–Crippen MR) is 101 cm³/mol. The topological polar surface area (TPSA) is 73.2 Å². The summed E-state index contributed by atoms with van der Waals surface area (Å²) in [5, 5.41) is 2.89. The zero-order valence-corrected chi connectivity index (χ0v) is 14.9. The van der Waals surface area contributed by atoms with Crippen molar-refractivity contribution in [2.24, 2.45) is 0 Å². The predicted octanol–water partition coefficient (Wildman–Crippen LogP) is 2.67. The van der Waals surface area contributed by atoms with Gasteiger partial charge in [0.2, 0.25) is 0 Å². The van der Waals surface area contributed by atoms with Crippen LogP contribution >= 0.6 is 0 Å². The van der Waals surface area contributed by atoms with Crippen molar-refractivity contribution in [2.45, 2.75) is 13.0 Å². The van der Waals surface area contributed by atoms with Gasteiger partial charge in [0.25, 0.3) is 5.91 Å².